The molecule has 0 fully saturated rings. The second kappa shape index (κ2) is 6.63. The first-order chi connectivity index (χ1) is 14.8. The zero-order chi connectivity index (χ0) is 20.1. The van der Waals surface area contributed by atoms with Crippen molar-refractivity contribution in [2.24, 2.45) is 0 Å². The second-order valence-corrected chi connectivity index (χ2v) is 7.72. The van der Waals surface area contributed by atoms with E-state index in [9.17, 15) is 5.26 Å². The first-order valence-corrected chi connectivity index (χ1v) is 10.2. The molecule has 2 aromatic heterocycles. The largest absolute Gasteiger partial charge is 0.454 e. The van der Waals surface area contributed by atoms with Crippen LogP contribution in [0.3, 0.4) is 0 Å². The molecule has 0 radical (unpaired) electrons. The molecule has 7 nitrogen and oxygen atoms in total. The summed E-state index contributed by atoms with van der Waals surface area (Å²) in [6, 6.07) is 16.2. The van der Waals surface area contributed by atoms with Crippen molar-refractivity contribution in [3.63, 3.8) is 0 Å². The third-order valence-electron chi connectivity index (χ3n) is 5.96. The van der Waals surface area contributed by atoms with Crippen LogP contribution in [0.5, 0.6) is 11.5 Å². The zero-order valence-electron chi connectivity index (χ0n) is 16.3. The van der Waals surface area contributed by atoms with E-state index in [-0.39, 0.29) is 12.7 Å². The van der Waals surface area contributed by atoms with Crippen LogP contribution < -0.4 is 9.47 Å². The summed E-state index contributed by atoms with van der Waals surface area (Å²) in [5.74, 6) is 2.35. The number of nitrogens with zero attached hydrogens (tertiary/aromatic N) is 4. The number of H-pyrrole nitrogens is 1. The average molecular weight is 397 g/mol. The van der Waals surface area contributed by atoms with E-state index in [4.69, 9.17) is 19.6 Å². The topological polar surface area (TPSA) is 88.8 Å². The quantitative estimate of drug-likeness (QED) is 0.551. The van der Waals surface area contributed by atoms with E-state index >= 15 is 0 Å². The smallest absolute Gasteiger partial charge is 0.231 e. The summed E-state index contributed by atoms with van der Waals surface area (Å²) in [6.07, 6.45) is 3.41. The lowest BCUT2D eigenvalue weighted by Crippen LogP contribution is -2.12. The average Bonchev–Trinajstić information content (AvgIpc) is 3.49. The van der Waals surface area contributed by atoms with Crippen molar-refractivity contribution in [2.75, 3.05) is 6.79 Å². The first-order valence-electron chi connectivity index (χ1n) is 10.2. The molecule has 0 saturated heterocycles. The number of ether oxygens (including phenoxy) is 2. The molecular formula is C23H19N5O2. The molecule has 1 aliphatic heterocycles. The first kappa shape index (κ1) is 17.1. The van der Waals surface area contributed by atoms with Crippen molar-refractivity contribution in [1.29, 1.82) is 5.26 Å². The van der Waals surface area contributed by atoms with Crippen molar-refractivity contribution < 1.29 is 9.47 Å². The highest BCUT2D eigenvalue weighted by atomic mass is 16.7. The van der Waals surface area contributed by atoms with Crippen LogP contribution in [0.4, 0.5) is 0 Å². The normalized spacial score (nSPS) is 17.1. The number of hydrogen-bond acceptors (Lipinski definition) is 5. The lowest BCUT2D eigenvalue weighted by molar-refractivity contribution is 0.174. The van der Waals surface area contributed by atoms with Crippen molar-refractivity contribution in [2.45, 2.75) is 31.6 Å². The number of benzene rings is 2. The highest BCUT2D eigenvalue weighted by molar-refractivity contribution is 5.76. The molecule has 1 N–H and O–H groups in total. The van der Waals surface area contributed by atoms with E-state index in [1.165, 1.54) is 0 Å². The van der Waals surface area contributed by atoms with E-state index in [0.29, 0.717) is 12.4 Å². The van der Waals surface area contributed by atoms with Gasteiger partial charge in [0.05, 0.1) is 28.5 Å². The van der Waals surface area contributed by atoms with Crippen LogP contribution in [-0.4, -0.2) is 26.5 Å². The molecule has 0 amide bonds. The Morgan fingerprint density at radius 3 is 2.97 bits per heavy atom. The summed E-state index contributed by atoms with van der Waals surface area (Å²) in [6.45, 7) is 0.237. The molecule has 1 aliphatic carbocycles. The predicted octanol–water partition coefficient (Wildman–Crippen LogP) is 4.48. The van der Waals surface area contributed by atoms with Gasteiger partial charge in [0.1, 0.15) is 0 Å². The van der Waals surface area contributed by atoms with Crippen LogP contribution in [0.15, 0.2) is 42.5 Å². The minimum absolute atomic E-state index is 0.164. The number of aromatic nitrogens is 4. The standard InChI is InChI=1S/C23H19N5O2/c24-11-10-14-4-3-7-18-21(14)22(15-8-9-19-20(12-15)30-13-29-19)27-28(18)23-25-16-5-1-2-6-17(16)26-23/h1-2,5-6,8-9,12,14H,3-4,7,10,13H2,(H,25,26). The number of nitriles is 1. The third-order valence-corrected chi connectivity index (χ3v) is 5.96. The van der Waals surface area contributed by atoms with Crippen molar-refractivity contribution >= 4 is 11.0 Å². The minimum Gasteiger partial charge on any atom is -0.454 e. The van der Waals surface area contributed by atoms with Gasteiger partial charge in [-0.05, 0) is 49.6 Å². The Labute approximate surface area is 172 Å². The van der Waals surface area contributed by atoms with Crippen LogP contribution in [0.2, 0.25) is 0 Å². The van der Waals surface area contributed by atoms with Gasteiger partial charge in [-0.2, -0.15) is 10.4 Å². The Hall–Kier alpha value is -3.79. The summed E-state index contributed by atoms with van der Waals surface area (Å²) in [5.41, 5.74) is 6.03. The van der Waals surface area contributed by atoms with Gasteiger partial charge in [0, 0.05) is 23.5 Å². The van der Waals surface area contributed by atoms with Gasteiger partial charge in [-0.25, -0.2) is 9.67 Å². The van der Waals surface area contributed by atoms with Crippen molar-refractivity contribution in [1.82, 2.24) is 19.7 Å². The molecule has 30 heavy (non-hydrogen) atoms. The van der Waals surface area contributed by atoms with Gasteiger partial charge in [0.2, 0.25) is 12.7 Å². The molecule has 2 aliphatic rings. The van der Waals surface area contributed by atoms with Crippen LogP contribution in [0, 0.1) is 11.3 Å². The lowest BCUT2D eigenvalue weighted by Gasteiger charge is -2.21. The van der Waals surface area contributed by atoms with Gasteiger partial charge in [0.25, 0.3) is 0 Å². The van der Waals surface area contributed by atoms with Gasteiger partial charge in [-0.3, -0.25) is 0 Å². The van der Waals surface area contributed by atoms with Crippen LogP contribution >= 0.6 is 0 Å². The fourth-order valence-corrected chi connectivity index (χ4v) is 4.58. The molecule has 4 aromatic rings. The van der Waals surface area contributed by atoms with Gasteiger partial charge in [-0.15, -0.1) is 0 Å². The van der Waals surface area contributed by atoms with Crippen LogP contribution in [-0.2, 0) is 6.42 Å². The van der Waals surface area contributed by atoms with E-state index in [1.807, 2.05) is 47.1 Å². The molecule has 0 spiro atoms. The highest BCUT2D eigenvalue weighted by Gasteiger charge is 2.31. The van der Waals surface area contributed by atoms with E-state index in [1.54, 1.807) is 0 Å². The maximum Gasteiger partial charge on any atom is 0.231 e. The number of hydrogen-bond donors (Lipinski definition) is 1. The Morgan fingerprint density at radius 1 is 1.17 bits per heavy atom. The monoisotopic (exact) mass is 397 g/mol. The van der Waals surface area contributed by atoms with E-state index < -0.39 is 0 Å². The Morgan fingerprint density at radius 2 is 2.07 bits per heavy atom. The SMILES string of the molecule is N#CCC1CCCc2c1c(-c1ccc3c(c1)OCO3)nn2-c1nc2ccccc2[nH]1. The molecule has 148 valence electrons. The number of imidazole rings is 1. The summed E-state index contributed by atoms with van der Waals surface area (Å²) >= 11 is 0. The predicted molar refractivity (Wildman–Crippen MR) is 111 cm³/mol. The maximum atomic E-state index is 9.42. The number of rotatable bonds is 3. The molecule has 1 atom stereocenters. The molecule has 3 heterocycles. The number of para-hydroxylation sites is 2. The number of nitrogens with one attached hydrogen (secondary N) is 1. The minimum atomic E-state index is 0.164. The molecule has 7 heteroatoms. The van der Waals surface area contributed by atoms with Gasteiger partial charge in [-0.1, -0.05) is 12.1 Å². The van der Waals surface area contributed by atoms with Gasteiger partial charge >= 0.3 is 0 Å². The summed E-state index contributed by atoms with van der Waals surface area (Å²) in [7, 11) is 0. The van der Waals surface area contributed by atoms with Crippen LogP contribution in [0.1, 0.15) is 36.4 Å². The van der Waals surface area contributed by atoms with Crippen molar-refractivity contribution in [3.8, 4) is 34.8 Å². The van der Waals surface area contributed by atoms with Gasteiger partial charge < -0.3 is 14.5 Å². The molecular weight excluding hydrogens is 378 g/mol. The molecule has 0 bridgehead atoms. The fraction of sp³-hybridized carbons (Fsp3) is 0.261. The number of aromatic amines is 1. The van der Waals surface area contributed by atoms with Gasteiger partial charge in [0.15, 0.2) is 11.5 Å². The summed E-state index contributed by atoms with van der Waals surface area (Å²) in [5, 5.41) is 14.4. The summed E-state index contributed by atoms with van der Waals surface area (Å²) in [4.78, 5) is 8.16. The molecule has 0 saturated carbocycles. The Balaban J connectivity index is 1.56. The third kappa shape index (κ3) is 2.57. The zero-order valence-corrected chi connectivity index (χ0v) is 16.3. The Bertz CT molecular complexity index is 1280. The molecule has 1 unspecified atom stereocenters. The maximum absolute atomic E-state index is 9.42. The second-order valence-electron chi connectivity index (χ2n) is 7.72. The lowest BCUT2D eigenvalue weighted by atomic mass is 9.82. The van der Waals surface area contributed by atoms with E-state index in [2.05, 4.69) is 11.1 Å². The number of fused-ring (bicyclic) bond motifs is 3. The van der Waals surface area contributed by atoms with E-state index in [0.717, 1.165) is 64.3 Å². The Kier molecular flexibility index (Phi) is 3.78. The molecule has 6 rings (SSSR count). The highest BCUT2D eigenvalue weighted by Crippen LogP contribution is 2.43. The fourth-order valence-electron chi connectivity index (χ4n) is 4.58. The summed E-state index contributed by atoms with van der Waals surface area (Å²) < 4.78 is 13.0. The van der Waals surface area contributed by atoms with Crippen LogP contribution in [0.25, 0.3) is 28.2 Å². The molecule has 2 aromatic carbocycles. The van der Waals surface area contributed by atoms with Crippen molar-refractivity contribution in [3.05, 3.63) is 53.7 Å².